The molecule has 0 amide bonds. The van der Waals surface area contributed by atoms with Crippen LogP contribution in [0.1, 0.15) is 66.7 Å². The van der Waals surface area contributed by atoms with Gasteiger partial charge in [0.25, 0.3) is 0 Å². The molecule has 1 aromatic carbocycles. The minimum Gasteiger partial charge on any atom is -0.478 e. The van der Waals surface area contributed by atoms with Crippen molar-refractivity contribution in [2.75, 3.05) is 0 Å². The molecule has 0 aliphatic heterocycles. The maximum absolute atomic E-state index is 12.3. The first-order valence-electron chi connectivity index (χ1n) is 7.01. The Labute approximate surface area is 134 Å². The lowest BCUT2D eigenvalue weighted by Gasteiger charge is -2.31. The van der Waals surface area contributed by atoms with Gasteiger partial charge in [-0.25, -0.2) is 9.59 Å². The van der Waals surface area contributed by atoms with Gasteiger partial charge in [-0.15, -0.1) is 0 Å². The molecule has 1 rings (SSSR count). The minimum atomic E-state index is -1.84. The van der Waals surface area contributed by atoms with Gasteiger partial charge in [0.2, 0.25) is 0 Å². The standard InChI is InChI=1S/C16H22O7/c1-15(2,22)8-16(3,4)23-14(21)11-7-9(12(17)18)5-6-10(11)13(19)20/h5-7,12,17-18,22H,8H2,1-4H3,(H,19,20). The number of carbonyl (C=O) groups excluding carboxylic acids is 1. The van der Waals surface area contributed by atoms with Crippen LogP contribution >= 0.6 is 0 Å². The fourth-order valence-corrected chi connectivity index (χ4v) is 2.46. The van der Waals surface area contributed by atoms with Gasteiger partial charge in [-0.05, 0) is 39.8 Å². The fraction of sp³-hybridized carbons (Fsp3) is 0.500. The Balaban J connectivity index is 3.15. The molecule has 0 atom stereocenters. The maximum atomic E-state index is 12.3. The van der Waals surface area contributed by atoms with E-state index in [0.29, 0.717) is 0 Å². The number of carboxylic acid groups (broad SMARTS) is 1. The van der Waals surface area contributed by atoms with Crippen molar-refractivity contribution in [1.82, 2.24) is 0 Å². The Hall–Kier alpha value is -1.96. The molecule has 7 heteroatoms. The summed E-state index contributed by atoms with van der Waals surface area (Å²) in [6.45, 7) is 6.31. The van der Waals surface area contributed by atoms with Crippen molar-refractivity contribution in [1.29, 1.82) is 0 Å². The monoisotopic (exact) mass is 326 g/mol. The van der Waals surface area contributed by atoms with E-state index in [0.717, 1.165) is 12.1 Å². The predicted octanol–water partition coefficient (Wildman–Crippen LogP) is 1.46. The maximum Gasteiger partial charge on any atom is 0.339 e. The van der Waals surface area contributed by atoms with Gasteiger partial charge < -0.3 is 25.2 Å². The molecule has 4 N–H and O–H groups in total. The molecule has 0 aliphatic rings. The van der Waals surface area contributed by atoms with Crippen LogP contribution in [0.15, 0.2) is 18.2 Å². The summed E-state index contributed by atoms with van der Waals surface area (Å²) in [4.78, 5) is 23.5. The molecule has 0 saturated carbocycles. The molecule has 0 unspecified atom stereocenters. The van der Waals surface area contributed by atoms with Crippen LogP contribution in [0.4, 0.5) is 0 Å². The molecule has 128 valence electrons. The van der Waals surface area contributed by atoms with E-state index in [9.17, 15) is 14.7 Å². The van der Waals surface area contributed by atoms with Crippen molar-refractivity contribution in [2.45, 2.75) is 51.6 Å². The van der Waals surface area contributed by atoms with E-state index in [2.05, 4.69) is 0 Å². The summed E-state index contributed by atoms with van der Waals surface area (Å²) in [5.41, 5.74) is -2.74. The summed E-state index contributed by atoms with van der Waals surface area (Å²) in [7, 11) is 0. The molecule has 0 spiro atoms. The highest BCUT2D eigenvalue weighted by molar-refractivity contribution is 6.02. The second-order valence-electron chi connectivity index (χ2n) is 6.62. The van der Waals surface area contributed by atoms with Crippen molar-refractivity contribution in [3.63, 3.8) is 0 Å². The fourth-order valence-electron chi connectivity index (χ4n) is 2.46. The summed E-state index contributed by atoms with van der Waals surface area (Å²) in [5, 5.41) is 37.3. The SMILES string of the molecule is CC(C)(O)CC(C)(C)OC(=O)c1cc(C(O)O)ccc1C(=O)O. The molecule has 0 radical (unpaired) electrons. The van der Waals surface area contributed by atoms with Gasteiger partial charge in [0.15, 0.2) is 6.29 Å². The molecular weight excluding hydrogens is 304 g/mol. The zero-order valence-electron chi connectivity index (χ0n) is 13.5. The number of aromatic carboxylic acids is 1. The van der Waals surface area contributed by atoms with E-state index in [-0.39, 0.29) is 23.1 Å². The summed E-state index contributed by atoms with van der Waals surface area (Å²) in [6, 6.07) is 3.38. The minimum absolute atomic E-state index is 0.0257. The second kappa shape index (κ2) is 6.66. The molecule has 1 aromatic rings. The van der Waals surface area contributed by atoms with Crippen LogP contribution in [0.25, 0.3) is 0 Å². The van der Waals surface area contributed by atoms with E-state index in [1.807, 2.05) is 0 Å². The molecule has 0 aliphatic carbocycles. The normalized spacial score (nSPS) is 12.3. The number of aliphatic hydroxyl groups is 3. The number of carbonyl (C=O) groups is 2. The third kappa shape index (κ3) is 5.63. The van der Waals surface area contributed by atoms with Gasteiger partial charge >= 0.3 is 11.9 Å². The number of benzene rings is 1. The molecule has 23 heavy (non-hydrogen) atoms. The number of esters is 1. The number of ether oxygens (including phenoxy) is 1. The molecule has 7 nitrogen and oxygen atoms in total. The van der Waals surface area contributed by atoms with Gasteiger partial charge in [-0.2, -0.15) is 0 Å². The van der Waals surface area contributed by atoms with E-state index in [1.54, 1.807) is 27.7 Å². The number of hydrogen-bond donors (Lipinski definition) is 4. The topological polar surface area (TPSA) is 124 Å². The van der Waals surface area contributed by atoms with Crippen LogP contribution in [0.2, 0.25) is 0 Å². The van der Waals surface area contributed by atoms with Crippen LogP contribution in [0, 0.1) is 0 Å². The smallest absolute Gasteiger partial charge is 0.339 e. The number of aliphatic hydroxyl groups excluding tert-OH is 1. The second-order valence-corrected chi connectivity index (χ2v) is 6.62. The zero-order chi connectivity index (χ0) is 18.0. The van der Waals surface area contributed by atoms with Crippen LogP contribution in [-0.4, -0.2) is 43.6 Å². The Kier molecular flexibility index (Phi) is 5.52. The highest BCUT2D eigenvalue weighted by Gasteiger charge is 2.32. The summed E-state index contributed by atoms with van der Waals surface area (Å²) in [6.07, 6.45) is -1.70. The highest BCUT2D eigenvalue weighted by Crippen LogP contribution is 2.26. The Morgan fingerprint density at radius 1 is 1.13 bits per heavy atom. The van der Waals surface area contributed by atoms with Crippen molar-refractivity contribution in [3.05, 3.63) is 34.9 Å². The van der Waals surface area contributed by atoms with Crippen molar-refractivity contribution in [2.24, 2.45) is 0 Å². The van der Waals surface area contributed by atoms with Gasteiger partial charge in [0.1, 0.15) is 5.60 Å². The van der Waals surface area contributed by atoms with E-state index in [4.69, 9.17) is 20.1 Å². The Morgan fingerprint density at radius 3 is 2.13 bits per heavy atom. The lowest BCUT2D eigenvalue weighted by atomic mass is 9.92. The third-order valence-electron chi connectivity index (χ3n) is 3.02. The summed E-state index contributed by atoms with van der Waals surface area (Å²) < 4.78 is 5.30. The summed E-state index contributed by atoms with van der Waals surface area (Å²) >= 11 is 0. The molecule has 0 fully saturated rings. The average molecular weight is 326 g/mol. The Bertz CT molecular complexity index is 597. The van der Waals surface area contributed by atoms with Crippen LogP contribution < -0.4 is 0 Å². The van der Waals surface area contributed by atoms with Gasteiger partial charge in [-0.1, -0.05) is 6.07 Å². The number of rotatable bonds is 6. The Morgan fingerprint density at radius 2 is 1.70 bits per heavy atom. The van der Waals surface area contributed by atoms with Crippen LogP contribution in [0.5, 0.6) is 0 Å². The van der Waals surface area contributed by atoms with Crippen molar-refractivity contribution < 1.29 is 34.8 Å². The highest BCUT2D eigenvalue weighted by atomic mass is 16.6. The van der Waals surface area contributed by atoms with Crippen LogP contribution in [0.3, 0.4) is 0 Å². The molecular formula is C16H22O7. The first kappa shape index (κ1) is 19.1. The lowest BCUT2D eigenvalue weighted by Crippen LogP contribution is -2.37. The summed E-state index contributed by atoms with van der Waals surface area (Å²) in [5.74, 6) is -2.25. The average Bonchev–Trinajstić information content (AvgIpc) is 2.33. The molecule has 0 bridgehead atoms. The van der Waals surface area contributed by atoms with Gasteiger partial charge in [0, 0.05) is 12.0 Å². The first-order valence-corrected chi connectivity index (χ1v) is 7.01. The van der Waals surface area contributed by atoms with E-state index in [1.165, 1.54) is 6.07 Å². The molecule has 0 heterocycles. The largest absolute Gasteiger partial charge is 0.478 e. The van der Waals surface area contributed by atoms with E-state index < -0.39 is 29.4 Å². The van der Waals surface area contributed by atoms with Crippen molar-refractivity contribution >= 4 is 11.9 Å². The zero-order valence-corrected chi connectivity index (χ0v) is 13.5. The van der Waals surface area contributed by atoms with Gasteiger partial charge in [0.05, 0.1) is 16.7 Å². The number of carboxylic acids is 1. The predicted molar refractivity (Wildman–Crippen MR) is 81.0 cm³/mol. The van der Waals surface area contributed by atoms with Gasteiger partial charge in [-0.3, -0.25) is 0 Å². The molecule has 0 aromatic heterocycles. The van der Waals surface area contributed by atoms with E-state index >= 15 is 0 Å². The van der Waals surface area contributed by atoms with Crippen molar-refractivity contribution in [3.8, 4) is 0 Å². The molecule has 0 saturated heterocycles. The first-order chi connectivity index (χ1) is 10.3. The third-order valence-corrected chi connectivity index (χ3v) is 3.02. The lowest BCUT2D eigenvalue weighted by molar-refractivity contribution is -0.0469. The quantitative estimate of drug-likeness (QED) is 0.461. The van der Waals surface area contributed by atoms with Crippen LogP contribution in [-0.2, 0) is 4.74 Å². The number of hydrogen-bond acceptors (Lipinski definition) is 6.